The van der Waals surface area contributed by atoms with Gasteiger partial charge in [-0.2, -0.15) is 0 Å². The zero-order valence-corrected chi connectivity index (χ0v) is 10.6. The van der Waals surface area contributed by atoms with Gasteiger partial charge in [0.2, 0.25) is 0 Å². The average Bonchev–Trinajstić information content (AvgIpc) is 2.17. The van der Waals surface area contributed by atoms with E-state index in [4.69, 9.17) is 0 Å². The monoisotopic (exact) mass is 285 g/mol. The second kappa shape index (κ2) is 4.50. The van der Waals surface area contributed by atoms with Crippen molar-refractivity contribution >= 4 is 33.5 Å². The van der Waals surface area contributed by atoms with Crippen LogP contribution in [0.15, 0.2) is 18.3 Å². The van der Waals surface area contributed by atoms with Gasteiger partial charge in [0.15, 0.2) is 0 Å². The predicted molar refractivity (Wildman–Crippen MR) is 53.9 cm³/mol. The zero-order valence-electron chi connectivity index (χ0n) is 7.70. The van der Waals surface area contributed by atoms with Gasteiger partial charge in [-0.1, -0.05) is 0 Å². The van der Waals surface area contributed by atoms with Crippen molar-refractivity contribution in [2.24, 2.45) is 0 Å². The Kier molecular flexibility index (Phi) is 3.59. The van der Waals surface area contributed by atoms with Crippen LogP contribution in [0.25, 0.3) is 0 Å². The van der Waals surface area contributed by atoms with Gasteiger partial charge in [-0.15, -0.1) is 0 Å². The molecule has 0 aliphatic carbocycles. The number of hydrogen-bond donors (Lipinski definition) is 0. The van der Waals surface area contributed by atoms with Gasteiger partial charge in [-0.05, 0) is 0 Å². The van der Waals surface area contributed by atoms with Crippen LogP contribution < -0.4 is 3.71 Å². The molecule has 0 N–H and O–H groups in total. The van der Waals surface area contributed by atoms with Gasteiger partial charge < -0.3 is 0 Å². The standard InChI is InChI=1S/C7H6NO2.CH3.CH2.Sn/c1-10-7(9)6-2-4-8-5-3-6;;;/h2-4H,1H3;1H3;1H2;. The Morgan fingerprint density at radius 1 is 1.69 bits per heavy atom. The van der Waals surface area contributed by atoms with Crippen LogP contribution in [0.1, 0.15) is 10.4 Å². The van der Waals surface area contributed by atoms with E-state index < -0.39 is 19.3 Å². The Balaban J connectivity index is 3.05. The maximum absolute atomic E-state index is 11.1. The van der Waals surface area contributed by atoms with Crippen molar-refractivity contribution in [3.8, 4) is 0 Å². The van der Waals surface area contributed by atoms with Crippen LogP contribution in [0.2, 0.25) is 4.94 Å². The molecular formula is C9H11NO2Sn. The fraction of sp³-hybridized carbons (Fsp3) is 0.222. The first-order valence-electron chi connectivity index (χ1n) is 3.85. The maximum atomic E-state index is 11.1. The van der Waals surface area contributed by atoms with Gasteiger partial charge in [0.25, 0.3) is 0 Å². The molecule has 0 saturated heterocycles. The molecule has 1 aromatic heterocycles. The summed E-state index contributed by atoms with van der Waals surface area (Å²) in [5.74, 6) is -0.312. The first-order valence-corrected chi connectivity index (χ1v) is 10.2. The molecular weight excluding hydrogens is 273 g/mol. The number of pyridine rings is 1. The summed E-state index contributed by atoms with van der Waals surface area (Å²) in [6.45, 7) is 0. The van der Waals surface area contributed by atoms with E-state index in [-0.39, 0.29) is 5.97 Å². The number of esters is 1. The summed E-state index contributed by atoms with van der Waals surface area (Å²) in [5, 5.41) is 0. The third-order valence-electron chi connectivity index (χ3n) is 1.62. The second-order valence-electron chi connectivity index (χ2n) is 2.70. The molecule has 68 valence electrons. The molecule has 4 heteroatoms. The summed E-state index contributed by atoms with van der Waals surface area (Å²) >= 11 is -1.70. The number of rotatable bonds is 2. The van der Waals surface area contributed by atoms with Crippen molar-refractivity contribution in [3.63, 3.8) is 0 Å². The van der Waals surface area contributed by atoms with Crippen LogP contribution in [0, 0.1) is 0 Å². The molecule has 0 saturated carbocycles. The minimum atomic E-state index is -1.70. The number of aromatic nitrogens is 1. The number of methoxy groups -OCH3 is 1. The fourth-order valence-electron chi connectivity index (χ4n) is 0.909. The van der Waals surface area contributed by atoms with Crippen molar-refractivity contribution in [1.29, 1.82) is 0 Å². The van der Waals surface area contributed by atoms with Crippen LogP contribution in [0.4, 0.5) is 0 Å². The zero-order chi connectivity index (χ0) is 9.84. The van der Waals surface area contributed by atoms with Gasteiger partial charge in [0.1, 0.15) is 0 Å². The summed E-state index contributed by atoms with van der Waals surface area (Å²) in [7, 11) is 1.37. The van der Waals surface area contributed by atoms with Crippen LogP contribution in [-0.2, 0) is 4.74 Å². The van der Waals surface area contributed by atoms with E-state index in [1.165, 1.54) is 7.11 Å². The second-order valence-corrected chi connectivity index (χ2v) is 8.62. The van der Waals surface area contributed by atoms with E-state index >= 15 is 0 Å². The molecule has 1 rings (SSSR count). The molecule has 13 heavy (non-hydrogen) atoms. The van der Waals surface area contributed by atoms with Crippen molar-refractivity contribution < 1.29 is 9.53 Å². The molecule has 0 bridgehead atoms. The van der Waals surface area contributed by atoms with Crippen LogP contribution in [0.5, 0.6) is 0 Å². The average molecular weight is 284 g/mol. The first kappa shape index (κ1) is 10.4. The SMILES string of the molecule is [CH2]=[Sn]([CH3])[c]1cc(C(=O)OC)ccn1. The molecule has 0 aliphatic heterocycles. The van der Waals surface area contributed by atoms with E-state index in [9.17, 15) is 4.79 Å². The molecule has 3 nitrogen and oxygen atoms in total. The van der Waals surface area contributed by atoms with E-state index in [0.717, 1.165) is 3.71 Å². The molecule has 0 fully saturated rings. The quantitative estimate of drug-likeness (QED) is 0.576. The summed E-state index contributed by atoms with van der Waals surface area (Å²) in [6.07, 6.45) is 1.64. The Morgan fingerprint density at radius 3 is 2.92 bits per heavy atom. The van der Waals surface area contributed by atoms with Crippen molar-refractivity contribution in [3.05, 3.63) is 23.9 Å². The molecule has 0 unspecified atom stereocenters. The van der Waals surface area contributed by atoms with Crippen molar-refractivity contribution in [1.82, 2.24) is 4.98 Å². The third kappa shape index (κ3) is 2.62. The molecule has 0 aliphatic rings. The first-order chi connectivity index (χ1) is 6.15. The molecule has 0 aromatic carbocycles. The Bertz CT molecular complexity index is 349. The van der Waals surface area contributed by atoms with Gasteiger partial charge in [0, 0.05) is 0 Å². The predicted octanol–water partition coefficient (Wildman–Crippen LogP) is 0.214. The number of carbonyl (C=O) groups excluding carboxylic acids is 1. The Hall–Kier alpha value is -0.711. The summed E-state index contributed by atoms with van der Waals surface area (Å²) in [6, 6.07) is 3.44. The van der Waals surface area contributed by atoms with Gasteiger partial charge >= 0.3 is 83.9 Å². The van der Waals surface area contributed by atoms with Crippen LogP contribution >= 0.6 is 0 Å². The molecule has 1 heterocycles. The fourth-order valence-corrected chi connectivity index (χ4v) is 2.90. The van der Waals surface area contributed by atoms with E-state index in [1.54, 1.807) is 18.3 Å². The van der Waals surface area contributed by atoms with Gasteiger partial charge in [-0.3, -0.25) is 0 Å². The summed E-state index contributed by atoms with van der Waals surface area (Å²) in [4.78, 5) is 17.4. The third-order valence-corrected chi connectivity index (χ3v) is 4.89. The number of ether oxygens (including phenoxy) is 1. The number of nitrogens with zero attached hydrogens (tertiary/aromatic N) is 1. The Morgan fingerprint density at radius 2 is 2.38 bits per heavy atom. The van der Waals surface area contributed by atoms with Gasteiger partial charge in [-0.25, -0.2) is 0 Å². The Labute approximate surface area is 84.0 Å². The van der Waals surface area contributed by atoms with Crippen molar-refractivity contribution in [2.75, 3.05) is 7.11 Å². The number of hydrogen-bond acceptors (Lipinski definition) is 3. The minimum absolute atomic E-state index is 0.312. The molecule has 1 aromatic rings. The summed E-state index contributed by atoms with van der Waals surface area (Å²) < 4.78 is 9.61. The van der Waals surface area contributed by atoms with Gasteiger partial charge in [0.05, 0.1) is 0 Å². The number of carbonyl (C=O) groups is 1. The molecule has 0 spiro atoms. The molecule has 0 radical (unpaired) electrons. The summed E-state index contributed by atoms with van der Waals surface area (Å²) in [5.41, 5.74) is 0.566. The van der Waals surface area contributed by atoms with E-state index in [1.807, 2.05) is 0 Å². The normalized spacial score (nSPS) is 9.38. The van der Waals surface area contributed by atoms with Crippen LogP contribution in [0.3, 0.4) is 0 Å². The molecule has 0 amide bonds. The topological polar surface area (TPSA) is 39.2 Å². The van der Waals surface area contributed by atoms with Crippen LogP contribution in [-0.4, -0.2) is 41.9 Å². The van der Waals surface area contributed by atoms with E-state index in [0.29, 0.717) is 5.56 Å². The molecule has 0 atom stereocenters. The van der Waals surface area contributed by atoms with E-state index in [2.05, 4.69) is 19.2 Å². The van der Waals surface area contributed by atoms with Crippen molar-refractivity contribution in [2.45, 2.75) is 4.94 Å².